The molecule has 2 aromatic heterocycles. The zero-order valence-corrected chi connectivity index (χ0v) is 18.9. The lowest BCUT2D eigenvalue weighted by Gasteiger charge is -2.12. The Kier molecular flexibility index (Phi) is 6.45. The van der Waals surface area contributed by atoms with Gasteiger partial charge >= 0.3 is 0 Å². The van der Waals surface area contributed by atoms with Crippen LogP contribution in [0.3, 0.4) is 0 Å². The third kappa shape index (κ3) is 4.95. The van der Waals surface area contributed by atoms with E-state index in [2.05, 4.69) is 28.7 Å². The van der Waals surface area contributed by atoms with Gasteiger partial charge in [-0.25, -0.2) is 4.98 Å². The minimum atomic E-state index is -0.451. The van der Waals surface area contributed by atoms with E-state index in [4.69, 9.17) is 4.42 Å². The van der Waals surface area contributed by atoms with Gasteiger partial charge in [-0.3, -0.25) is 4.79 Å². The summed E-state index contributed by atoms with van der Waals surface area (Å²) in [4.78, 5) is 17.2. The summed E-state index contributed by atoms with van der Waals surface area (Å²) in [5.74, 6) is 1.31. The molecule has 0 unspecified atom stereocenters. The minimum absolute atomic E-state index is 0.0537. The van der Waals surface area contributed by atoms with Gasteiger partial charge in [-0.05, 0) is 69.5 Å². The van der Waals surface area contributed by atoms with Gasteiger partial charge < -0.3 is 14.3 Å². The Balaban J connectivity index is 1.84. The maximum Gasteiger partial charge on any atom is 0.266 e. The van der Waals surface area contributed by atoms with Gasteiger partial charge in [0.1, 0.15) is 17.4 Å². The molecular formula is C25H28N4O2. The molecule has 0 aliphatic heterocycles. The van der Waals surface area contributed by atoms with Gasteiger partial charge in [0, 0.05) is 29.2 Å². The van der Waals surface area contributed by atoms with Gasteiger partial charge in [0.15, 0.2) is 0 Å². The van der Waals surface area contributed by atoms with Crippen LogP contribution >= 0.6 is 0 Å². The number of aryl methyl sites for hydroxylation is 3. The number of aromatic nitrogens is 2. The summed E-state index contributed by atoms with van der Waals surface area (Å²) < 4.78 is 7.89. The van der Waals surface area contributed by atoms with Crippen molar-refractivity contribution in [2.24, 2.45) is 5.92 Å². The van der Waals surface area contributed by atoms with E-state index in [1.165, 1.54) is 0 Å². The number of amides is 1. The fraction of sp³-hybridized carbons (Fsp3) is 0.320. The van der Waals surface area contributed by atoms with Gasteiger partial charge in [-0.1, -0.05) is 19.9 Å². The fourth-order valence-electron chi connectivity index (χ4n) is 3.45. The van der Waals surface area contributed by atoms with Crippen molar-refractivity contribution in [3.63, 3.8) is 0 Å². The zero-order valence-electron chi connectivity index (χ0n) is 18.9. The molecule has 0 aliphatic carbocycles. The Hall–Kier alpha value is -3.59. The van der Waals surface area contributed by atoms with Crippen LogP contribution in [-0.2, 0) is 11.3 Å². The van der Waals surface area contributed by atoms with E-state index in [1.807, 2.05) is 52.0 Å². The van der Waals surface area contributed by atoms with E-state index in [9.17, 15) is 10.1 Å². The molecule has 0 atom stereocenters. The maximum absolute atomic E-state index is 12.8. The molecule has 0 aliphatic rings. The van der Waals surface area contributed by atoms with Gasteiger partial charge in [0.2, 0.25) is 5.89 Å². The number of benzene rings is 1. The van der Waals surface area contributed by atoms with Crippen LogP contribution in [0, 0.1) is 44.9 Å². The normalized spacial score (nSPS) is 11.6. The highest BCUT2D eigenvalue weighted by Crippen LogP contribution is 2.25. The lowest BCUT2D eigenvalue weighted by atomic mass is 10.1. The maximum atomic E-state index is 12.8. The molecule has 1 aromatic carbocycles. The lowest BCUT2D eigenvalue weighted by Crippen LogP contribution is -2.13. The number of nitriles is 1. The van der Waals surface area contributed by atoms with E-state index in [0.29, 0.717) is 17.5 Å². The molecule has 6 heteroatoms. The average molecular weight is 417 g/mol. The Morgan fingerprint density at radius 2 is 2.00 bits per heavy atom. The molecule has 0 saturated carbocycles. The van der Waals surface area contributed by atoms with Crippen molar-refractivity contribution in [3.8, 4) is 17.5 Å². The summed E-state index contributed by atoms with van der Waals surface area (Å²) in [5.41, 5.74) is 5.25. The number of anilines is 1. The largest absolute Gasteiger partial charge is 0.441 e. The second-order valence-electron chi connectivity index (χ2n) is 8.20. The van der Waals surface area contributed by atoms with Gasteiger partial charge in [0.25, 0.3) is 5.91 Å². The molecule has 1 amide bonds. The molecule has 6 nitrogen and oxygen atoms in total. The summed E-state index contributed by atoms with van der Waals surface area (Å²) in [7, 11) is 0. The lowest BCUT2D eigenvalue weighted by molar-refractivity contribution is -0.112. The van der Waals surface area contributed by atoms with Crippen LogP contribution in [0.4, 0.5) is 5.69 Å². The SMILES string of the molecule is Cc1nc(-c2cccc(NC(=O)/C(C#N)=C\c3cc(C)n(CC(C)C)c3C)c2)oc1C. The number of nitrogens with one attached hydrogen (secondary N) is 1. The quantitative estimate of drug-likeness (QED) is 0.420. The molecule has 0 saturated heterocycles. The number of oxazole rings is 1. The van der Waals surface area contributed by atoms with Gasteiger partial charge in [-0.2, -0.15) is 5.26 Å². The summed E-state index contributed by atoms with van der Waals surface area (Å²) in [5, 5.41) is 12.4. The van der Waals surface area contributed by atoms with Crippen LogP contribution in [0.2, 0.25) is 0 Å². The first-order valence-electron chi connectivity index (χ1n) is 10.3. The Morgan fingerprint density at radius 1 is 1.26 bits per heavy atom. The Morgan fingerprint density at radius 3 is 2.61 bits per heavy atom. The van der Waals surface area contributed by atoms with Crippen molar-refractivity contribution in [2.75, 3.05) is 5.32 Å². The highest BCUT2D eigenvalue weighted by molar-refractivity contribution is 6.09. The standard InChI is InChI=1S/C25H28N4O2/c1-15(2)14-29-16(3)10-21(18(29)5)11-22(13-26)24(30)28-23-9-7-8-20(12-23)25-27-17(4)19(6)31-25/h7-12,15H,14H2,1-6H3,(H,28,30)/b22-11-. The van der Waals surface area contributed by atoms with Crippen molar-refractivity contribution in [3.05, 3.63) is 64.3 Å². The predicted octanol–water partition coefficient (Wildman–Crippen LogP) is 5.58. The summed E-state index contributed by atoms with van der Waals surface area (Å²) in [6, 6.07) is 11.3. The molecule has 3 rings (SSSR count). The topological polar surface area (TPSA) is 83.9 Å². The summed E-state index contributed by atoms with van der Waals surface area (Å²) >= 11 is 0. The van der Waals surface area contributed by atoms with Crippen LogP contribution in [0.15, 0.2) is 40.3 Å². The fourth-order valence-corrected chi connectivity index (χ4v) is 3.45. The molecular weight excluding hydrogens is 388 g/mol. The summed E-state index contributed by atoms with van der Waals surface area (Å²) in [6.45, 7) is 13.0. The molecule has 0 radical (unpaired) electrons. The van der Waals surface area contributed by atoms with E-state index in [1.54, 1.807) is 18.2 Å². The molecule has 0 bridgehead atoms. The molecule has 31 heavy (non-hydrogen) atoms. The monoisotopic (exact) mass is 416 g/mol. The third-order valence-corrected chi connectivity index (χ3v) is 5.22. The average Bonchev–Trinajstić information content (AvgIpc) is 3.19. The van der Waals surface area contributed by atoms with E-state index >= 15 is 0 Å². The van der Waals surface area contributed by atoms with Crippen LogP contribution < -0.4 is 5.32 Å². The smallest absolute Gasteiger partial charge is 0.266 e. The minimum Gasteiger partial charge on any atom is -0.441 e. The molecule has 1 N–H and O–H groups in total. The Bertz CT molecular complexity index is 1170. The van der Waals surface area contributed by atoms with Crippen LogP contribution in [0.25, 0.3) is 17.5 Å². The van der Waals surface area contributed by atoms with Crippen molar-refractivity contribution >= 4 is 17.7 Å². The zero-order chi connectivity index (χ0) is 22.7. The van der Waals surface area contributed by atoms with Crippen molar-refractivity contribution in [2.45, 2.75) is 48.1 Å². The van der Waals surface area contributed by atoms with Gasteiger partial charge in [-0.15, -0.1) is 0 Å². The second-order valence-corrected chi connectivity index (χ2v) is 8.20. The van der Waals surface area contributed by atoms with Gasteiger partial charge in [0.05, 0.1) is 5.69 Å². The van der Waals surface area contributed by atoms with Crippen LogP contribution in [0.1, 0.15) is 42.3 Å². The summed E-state index contributed by atoms with van der Waals surface area (Å²) in [6.07, 6.45) is 1.65. The molecule has 0 spiro atoms. The number of carbonyl (C=O) groups excluding carboxylic acids is 1. The first-order chi connectivity index (χ1) is 14.7. The van der Waals surface area contributed by atoms with Crippen molar-refractivity contribution in [1.82, 2.24) is 9.55 Å². The third-order valence-electron chi connectivity index (χ3n) is 5.22. The first-order valence-corrected chi connectivity index (χ1v) is 10.3. The highest BCUT2D eigenvalue weighted by Gasteiger charge is 2.15. The van der Waals surface area contributed by atoms with Crippen molar-refractivity contribution < 1.29 is 9.21 Å². The molecule has 160 valence electrons. The molecule has 3 aromatic rings. The number of hydrogen-bond donors (Lipinski definition) is 1. The second kappa shape index (κ2) is 9.05. The van der Waals surface area contributed by atoms with E-state index < -0.39 is 5.91 Å². The van der Waals surface area contributed by atoms with E-state index in [0.717, 1.165) is 40.5 Å². The predicted molar refractivity (Wildman–Crippen MR) is 122 cm³/mol. The van der Waals surface area contributed by atoms with Crippen LogP contribution in [0.5, 0.6) is 0 Å². The number of rotatable bonds is 6. The highest BCUT2D eigenvalue weighted by atomic mass is 16.4. The van der Waals surface area contributed by atoms with Crippen LogP contribution in [-0.4, -0.2) is 15.5 Å². The van der Waals surface area contributed by atoms with Crippen molar-refractivity contribution in [1.29, 1.82) is 5.26 Å². The number of hydrogen-bond acceptors (Lipinski definition) is 4. The molecule has 0 fully saturated rings. The van der Waals surface area contributed by atoms with E-state index in [-0.39, 0.29) is 5.57 Å². The number of carbonyl (C=O) groups is 1. The Labute approximate surface area is 183 Å². The molecule has 2 heterocycles. The first kappa shape index (κ1) is 22.1. The number of nitrogens with zero attached hydrogens (tertiary/aromatic N) is 3.